The summed E-state index contributed by atoms with van der Waals surface area (Å²) in [6, 6.07) is 4.72. The minimum atomic E-state index is -1.56. The number of carbonyl (C=O) groups excluding carboxylic acids is 3. The van der Waals surface area contributed by atoms with E-state index in [1.54, 1.807) is 0 Å². The number of nitrogens with one attached hydrogen (secondary N) is 1. The van der Waals surface area contributed by atoms with Crippen molar-refractivity contribution >= 4 is 29.5 Å². The van der Waals surface area contributed by atoms with Gasteiger partial charge < -0.3 is 15.2 Å². The molecule has 0 aliphatic rings. The third-order valence-electron chi connectivity index (χ3n) is 5.13. The lowest BCUT2D eigenvalue weighted by atomic mass is 10.1. The summed E-state index contributed by atoms with van der Waals surface area (Å²) in [5, 5.41) is 12.0. The molecule has 13 heteroatoms. The molecule has 0 spiro atoms. The Morgan fingerprint density at radius 3 is 2.57 bits per heavy atom. The number of hydrogen-bond acceptors (Lipinski definition) is 8. The van der Waals surface area contributed by atoms with E-state index in [0.717, 1.165) is 37.6 Å². The van der Waals surface area contributed by atoms with Gasteiger partial charge in [0.1, 0.15) is 10.8 Å². The quantitative estimate of drug-likeness (QED) is 0.332. The molecule has 0 bridgehead atoms. The van der Waals surface area contributed by atoms with Crippen LogP contribution in [0.4, 0.5) is 9.18 Å². The van der Waals surface area contributed by atoms with E-state index in [4.69, 9.17) is 16.3 Å². The average Bonchev–Trinajstić information content (AvgIpc) is 2.88. The molecule has 0 saturated carbocycles. The van der Waals surface area contributed by atoms with Crippen LogP contribution in [-0.2, 0) is 0 Å². The molecule has 2 aromatic heterocycles. The number of amides is 1. The Kier molecular flexibility index (Phi) is 8.90. The molecule has 0 fully saturated rings. The molecule has 37 heavy (non-hydrogen) atoms. The number of esters is 1. The molecule has 2 N–H and O–H groups in total. The Labute approximate surface area is 214 Å². The van der Waals surface area contributed by atoms with Gasteiger partial charge in [-0.3, -0.25) is 9.59 Å². The molecule has 2 heterocycles. The van der Waals surface area contributed by atoms with E-state index in [-0.39, 0.29) is 38.9 Å². The van der Waals surface area contributed by atoms with Crippen LogP contribution in [0.25, 0.3) is 0 Å². The highest BCUT2D eigenvalue weighted by molar-refractivity contribution is 6.31. The van der Waals surface area contributed by atoms with E-state index in [2.05, 4.69) is 10.3 Å². The number of aromatic hydroxyl groups is 1. The molecule has 1 amide bonds. The van der Waals surface area contributed by atoms with Gasteiger partial charge >= 0.3 is 17.7 Å². The van der Waals surface area contributed by atoms with E-state index < -0.39 is 35.0 Å². The summed E-state index contributed by atoms with van der Waals surface area (Å²) in [5.74, 6) is -4.42. The van der Waals surface area contributed by atoms with Gasteiger partial charge in [0.25, 0.3) is 11.5 Å². The second-order valence-corrected chi connectivity index (χ2v) is 8.22. The van der Waals surface area contributed by atoms with E-state index in [0.29, 0.717) is 17.2 Å². The van der Waals surface area contributed by atoms with Gasteiger partial charge in [-0.25, -0.2) is 23.9 Å². The maximum atomic E-state index is 14.3. The second kappa shape index (κ2) is 12.1. The number of hydrogen-bond donors (Lipinski definition) is 2. The first-order valence-corrected chi connectivity index (χ1v) is 11.6. The van der Waals surface area contributed by atoms with Crippen LogP contribution >= 0.6 is 11.6 Å². The second-order valence-electron chi connectivity index (χ2n) is 7.81. The van der Waals surface area contributed by atoms with E-state index in [9.17, 15) is 33.5 Å². The number of nitrogens with zero attached hydrogens (tertiary/aromatic N) is 3. The number of rotatable bonds is 8. The normalized spacial score (nSPS) is 10.7. The number of benzene rings is 1. The van der Waals surface area contributed by atoms with Crippen molar-refractivity contribution in [2.24, 2.45) is 0 Å². The summed E-state index contributed by atoms with van der Waals surface area (Å²) in [6.07, 6.45) is 4.87. The number of ether oxygens (including phenoxy) is 1. The van der Waals surface area contributed by atoms with Gasteiger partial charge in [0.2, 0.25) is 11.7 Å². The number of unbranched alkanes of at least 4 members (excludes halogenated alkanes) is 3. The summed E-state index contributed by atoms with van der Waals surface area (Å²) in [6.45, 7) is 2.23. The lowest BCUT2D eigenvalue weighted by molar-refractivity contribution is 0.0727. The predicted molar refractivity (Wildman–Crippen MR) is 130 cm³/mol. The molecular weight excluding hydrogens is 511 g/mol. The van der Waals surface area contributed by atoms with Crippen LogP contribution in [0, 0.1) is 5.82 Å². The Bertz CT molecular complexity index is 1470. The zero-order valence-electron chi connectivity index (χ0n) is 19.6. The standard InChI is InChI=1S/C24H22ClFN4O7/c1-2-3-4-5-9-27-23(35)29-13-17(26)21(33)30(24(29)36)20(32)14-7-6-8-15(10-14)22(34)37-19-11-18(31)16(25)12-28-19/h6-8,10-13H,2-5,9H2,1H3,(H,27,35)(H,28,31). The molecule has 1 aromatic carbocycles. The van der Waals surface area contributed by atoms with Crippen molar-refractivity contribution in [1.82, 2.24) is 19.4 Å². The van der Waals surface area contributed by atoms with Crippen molar-refractivity contribution in [3.05, 3.63) is 85.5 Å². The molecule has 0 unspecified atom stereocenters. The molecule has 3 rings (SSSR count). The fourth-order valence-electron chi connectivity index (χ4n) is 3.21. The highest BCUT2D eigenvalue weighted by Gasteiger charge is 2.22. The number of pyridine rings is 1. The summed E-state index contributed by atoms with van der Waals surface area (Å²) < 4.78 is 19.6. The Morgan fingerprint density at radius 1 is 1.14 bits per heavy atom. The molecule has 0 aliphatic carbocycles. The first-order chi connectivity index (χ1) is 17.6. The van der Waals surface area contributed by atoms with Gasteiger partial charge in [-0.15, -0.1) is 0 Å². The zero-order valence-corrected chi connectivity index (χ0v) is 20.3. The van der Waals surface area contributed by atoms with Gasteiger partial charge in [0.05, 0.1) is 18.0 Å². The maximum absolute atomic E-state index is 14.3. The van der Waals surface area contributed by atoms with Crippen LogP contribution in [0.3, 0.4) is 0 Å². The van der Waals surface area contributed by atoms with Crippen LogP contribution in [-0.4, -0.2) is 43.7 Å². The van der Waals surface area contributed by atoms with Gasteiger partial charge in [-0.1, -0.05) is 43.9 Å². The molecule has 0 aliphatic heterocycles. The molecule has 194 valence electrons. The molecule has 0 atom stereocenters. The predicted octanol–water partition coefficient (Wildman–Crippen LogP) is 2.95. The minimum absolute atomic E-state index is 0.0325. The highest BCUT2D eigenvalue weighted by Crippen LogP contribution is 2.25. The van der Waals surface area contributed by atoms with Gasteiger partial charge in [0.15, 0.2) is 0 Å². The van der Waals surface area contributed by atoms with Crippen molar-refractivity contribution < 1.29 is 28.6 Å². The largest absolute Gasteiger partial charge is 0.506 e. The van der Waals surface area contributed by atoms with Crippen LogP contribution in [0.1, 0.15) is 53.3 Å². The SMILES string of the molecule is CCCCCCNC(=O)n1cc(F)c(=O)n(C(=O)c2cccc(C(=O)Oc3cc(O)c(Cl)cn3)c2)c1=O. The van der Waals surface area contributed by atoms with Crippen molar-refractivity contribution in [3.63, 3.8) is 0 Å². The lowest BCUT2D eigenvalue weighted by Crippen LogP contribution is -2.49. The monoisotopic (exact) mass is 532 g/mol. The summed E-state index contributed by atoms with van der Waals surface area (Å²) in [5.41, 5.74) is -3.46. The summed E-state index contributed by atoms with van der Waals surface area (Å²) in [7, 11) is 0. The summed E-state index contributed by atoms with van der Waals surface area (Å²) >= 11 is 5.66. The van der Waals surface area contributed by atoms with Crippen molar-refractivity contribution in [3.8, 4) is 11.6 Å². The average molecular weight is 533 g/mol. The third kappa shape index (κ3) is 6.47. The highest BCUT2D eigenvalue weighted by atomic mass is 35.5. The number of halogens is 2. The molecular formula is C24H22ClFN4O7. The smallest absolute Gasteiger partial charge is 0.346 e. The van der Waals surface area contributed by atoms with Crippen LogP contribution in [0.2, 0.25) is 5.02 Å². The zero-order chi connectivity index (χ0) is 27.1. The van der Waals surface area contributed by atoms with Crippen LogP contribution in [0.15, 0.2) is 52.3 Å². The topological polar surface area (TPSA) is 150 Å². The Hall–Kier alpha value is -4.32. The van der Waals surface area contributed by atoms with Crippen LogP contribution < -0.4 is 21.3 Å². The first kappa shape index (κ1) is 27.3. The van der Waals surface area contributed by atoms with Crippen molar-refractivity contribution in [2.45, 2.75) is 32.6 Å². The van der Waals surface area contributed by atoms with E-state index in [1.807, 2.05) is 6.92 Å². The molecule has 3 aromatic rings. The minimum Gasteiger partial charge on any atom is -0.506 e. The number of aromatic nitrogens is 3. The molecule has 11 nitrogen and oxygen atoms in total. The fraction of sp³-hybridized carbons (Fsp3) is 0.250. The van der Waals surface area contributed by atoms with Gasteiger partial charge in [-0.2, -0.15) is 8.96 Å². The van der Waals surface area contributed by atoms with Gasteiger partial charge in [0, 0.05) is 18.2 Å². The van der Waals surface area contributed by atoms with Crippen molar-refractivity contribution in [1.29, 1.82) is 0 Å². The number of carbonyl (C=O) groups is 3. The van der Waals surface area contributed by atoms with E-state index in [1.165, 1.54) is 18.2 Å². The first-order valence-electron chi connectivity index (χ1n) is 11.2. The Morgan fingerprint density at radius 2 is 1.86 bits per heavy atom. The maximum Gasteiger partial charge on any atom is 0.346 e. The van der Waals surface area contributed by atoms with Gasteiger partial charge in [-0.05, 0) is 24.6 Å². The lowest BCUT2D eigenvalue weighted by Gasteiger charge is -2.11. The van der Waals surface area contributed by atoms with Crippen molar-refractivity contribution in [2.75, 3.05) is 6.54 Å². The van der Waals surface area contributed by atoms with Crippen LogP contribution in [0.5, 0.6) is 11.6 Å². The molecule has 0 radical (unpaired) electrons. The molecule has 0 saturated heterocycles. The van der Waals surface area contributed by atoms with E-state index >= 15 is 0 Å². The Balaban J connectivity index is 1.87. The summed E-state index contributed by atoms with van der Waals surface area (Å²) in [4.78, 5) is 66.7. The fourth-order valence-corrected chi connectivity index (χ4v) is 3.31. The third-order valence-corrected chi connectivity index (χ3v) is 5.42.